The molecule has 146 valence electrons. The zero-order chi connectivity index (χ0) is 20.5. The summed E-state index contributed by atoms with van der Waals surface area (Å²) >= 11 is 5.24. The second-order valence-electron chi connectivity index (χ2n) is 6.16. The maximum atomic E-state index is 12.6. The summed E-state index contributed by atoms with van der Waals surface area (Å²) in [4.78, 5) is 19.7. The smallest absolute Gasteiger partial charge is 0.349 e. The van der Waals surface area contributed by atoms with Crippen LogP contribution < -0.4 is 15.1 Å². The van der Waals surface area contributed by atoms with Gasteiger partial charge in [0.1, 0.15) is 16.9 Å². The van der Waals surface area contributed by atoms with Gasteiger partial charge in [0.25, 0.3) is 0 Å². The molecule has 0 fully saturated rings. The van der Waals surface area contributed by atoms with E-state index in [1.807, 2.05) is 0 Å². The van der Waals surface area contributed by atoms with E-state index in [9.17, 15) is 9.90 Å². The molecular formula is C21H16N2O5S. The van der Waals surface area contributed by atoms with Crippen molar-refractivity contribution < 1.29 is 19.0 Å². The number of ether oxygens (including phenoxy) is 2. The van der Waals surface area contributed by atoms with Gasteiger partial charge in [0.05, 0.1) is 31.0 Å². The highest BCUT2D eigenvalue weighted by Crippen LogP contribution is 2.35. The van der Waals surface area contributed by atoms with Gasteiger partial charge in [0.2, 0.25) is 0 Å². The second kappa shape index (κ2) is 7.40. The van der Waals surface area contributed by atoms with E-state index in [1.54, 1.807) is 55.6 Å². The number of aromatic nitrogens is 2. The fraction of sp³-hybridized carbons (Fsp3) is 0.0952. The van der Waals surface area contributed by atoms with E-state index in [0.29, 0.717) is 39.4 Å². The van der Waals surface area contributed by atoms with Crippen molar-refractivity contribution in [3.63, 3.8) is 0 Å². The number of aromatic amines is 1. The minimum atomic E-state index is -0.684. The summed E-state index contributed by atoms with van der Waals surface area (Å²) in [7, 11) is 3.09. The van der Waals surface area contributed by atoms with Gasteiger partial charge in [-0.2, -0.15) is 0 Å². The Labute approximate surface area is 170 Å². The van der Waals surface area contributed by atoms with Crippen LogP contribution in [0.25, 0.3) is 33.5 Å². The summed E-state index contributed by atoms with van der Waals surface area (Å²) in [6.07, 6.45) is 0. The van der Waals surface area contributed by atoms with Crippen molar-refractivity contribution in [1.82, 2.24) is 9.97 Å². The summed E-state index contributed by atoms with van der Waals surface area (Å²) in [5.41, 5.74) is 1.10. The number of methoxy groups -OCH3 is 2. The molecule has 0 spiro atoms. The van der Waals surface area contributed by atoms with Crippen LogP contribution in [0.3, 0.4) is 0 Å². The SMILES string of the molecule is COc1ccc(-c2cc(-c3c(O)c4ccccc4oc3=O)[nH]c(=S)n2)cc1OC. The van der Waals surface area contributed by atoms with Crippen molar-refractivity contribution in [3.8, 4) is 39.8 Å². The molecule has 0 aliphatic carbocycles. The van der Waals surface area contributed by atoms with Crippen LogP contribution in [0.1, 0.15) is 0 Å². The summed E-state index contributed by atoms with van der Waals surface area (Å²) in [6.45, 7) is 0. The average molecular weight is 408 g/mol. The van der Waals surface area contributed by atoms with E-state index >= 15 is 0 Å². The molecule has 0 atom stereocenters. The second-order valence-corrected chi connectivity index (χ2v) is 6.55. The van der Waals surface area contributed by atoms with Crippen LogP contribution in [0.15, 0.2) is 57.7 Å². The lowest BCUT2D eigenvalue weighted by Crippen LogP contribution is -2.05. The predicted molar refractivity (Wildman–Crippen MR) is 111 cm³/mol. The molecule has 29 heavy (non-hydrogen) atoms. The van der Waals surface area contributed by atoms with E-state index in [0.717, 1.165) is 0 Å². The molecule has 0 aliphatic rings. The first-order valence-corrected chi connectivity index (χ1v) is 9.01. The molecule has 0 amide bonds. The van der Waals surface area contributed by atoms with E-state index in [4.69, 9.17) is 26.1 Å². The molecule has 2 heterocycles. The van der Waals surface area contributed by atoms with Gasteiger partial charge in [-0.3, -0.25) is 0 Å². The van der Waals surface area contributed by atoms with Crippen molar-refractivity contribution in [2.24, 2.45) is 0 Å². The monoisotopic (exact) mass is 408 g/mol. The average Bonchev–Trinajstić information content (AvgIpc) is 2.73. The first-order chi connectivity index (χ1) is 14.0. The summed E-state index contributed by atoms with van der Waals surface area (Å²) in [5.74, 6) is 0.914. The predicted octanol–water partition coefficient (Wildman–Crippen LogP) is 4.30. The zero-order valence-electron chi connectivity index (χ0n) is 15.6. The Kier molecular flexibility index (Phi) is 4.77. The molecule has 2 N–H and O–H groups in total. The molecule has 0 aliphatic heterocycles. The number of nitrogens with zero attached hydrogens (tertiary/aromatic N) is 1. The number of hydrogen-bond acceptors (Lipinski definition) is 7. The first-order valence-electron chi connectivity index (χ1n) is 8.60. The van der Waals surface area contributed by atoms with Gasteiger partial charge < -0.3 is 24.0 Å². The lowest BCUT2D eigenvalue weighted by Gasteiger charge is -2.11. The number of fused-ring (bicyclic) bond motifs is 1. The summed E-state index contributed by atoms with van der Waals surface area (Å²) in [6, 6.07) is 13.7. The normalized spacial score (nSPS) is 10.8. The molecule has 0 unspecified atom stereocenters. The van der Waals surface area contributed by atoms with Crippen molar-refractivity contribution in [2.45, 2.75) is 0 Å². The topological polar surface area (TPSA) is 97.6 Å². The van der Waals surface area contributed by atoms with Crippen LogP contribution in [0.2, 0.25) is 0 Å². The van der Waals surface area contributed by atoms with Crippen molar-refractivity contribution >= 4 is 23.2 Å². The van der Waals surface area contributed by atoms with Gasteiger partial charge in [0, 0.05) is 5.56 Å². The van der Waals surface area contributed by atoms with E-state index in [1.165, 1.54) is 7.11 Å². The van der Waals surface area contributed by atoms with Gasteiger partial charge in [-0.05, 0) is 48.6 Å². The number of benzene rings is 2. The largest absolute Gasteiger partial charge is 0.506 e. The van der Waals surface area contributed by atoms with Crippen LogP contribution in [0.4, 0.5) is 0 Å². The van der Waals surface area contributed by atoms with Gasteiger partial charge in [-0.1, -0.05) is 12.1 Å². The molecule has 7 nitrogen and oxygen atoms in total. The maximum absolute atomic E-state index is 12.6. The van der Waals surface area contributed by atoms with Crippen LogP contribution in [0.5, 0.6) is 17.2 Å². The Balaban J connectivity index is 1.93. The van der Waals surface area contributed by atoms with Crippen molar-refractivity contribution in [2.75, 3.05) is 14.2 Å². The number of hydrogen-bond donors (Lipinski definition) is 2. The van der Waals surface area contributed by atoms with Crippen molar-refractivity contribution in [3.05, 3.63) is 63.7 Å². The lowest BCUT2D eigenvalue weighted by atomic mass is 10.1. The molecule has 4 aromatic rings. The molecule has 0 bridgehead atoms. The number of rotatable bonds is 4. The van der Waals surface area contributed by atoms with Crippen LogP contribution >= 0.6 is 12.2 Å². The van der Waals surface area contributed by atoms with Gasteiger partial charge >= 0.3 is 5.63 Å². The number of aromatic hydroxyl groups is 1. The molecule has 0 radical (unpaired) electrons. The van der Waals surface area contributed by atoms with Crippen LogP contribution in [-0.2, 0) is 0 Å². The zero-order valence-corrected chi connectivity index (χ0v) is 16.4. The molecule has 2 aromatic carbocycles. The van der Waals surface area contributed by atoms with Gasteiger partial charge in [-0.25, -0.2) is 9.78 Å². The van der Waals surface area contributed by atoms with Gasteiger partial charge in [-0.15, -0.1) is 0 Å². The lowest BCUT2D eigenvalue weighted by molar-refractivity contribution is 0.355. The Hall–Kier alpha value is -3.65. The molecule has 8 heteroatoms. The van der Waals surface area contributed by atoms with E-state index in [-0.39, 0.29) is 16.1 Å². The highest BCUT2D eigenvalue weighted by atomic mass is 32.1. The Morgan fingerprint density at radius 2 is 1.83 bits per heavy atom. The molecule has 2 aromatic heterocycles. The number of para-hydroxylation sites is 1. The van der Waals surface area contributed by atoms with E-state index < -0.39 is 5.63 Å². The maximum Gasteiger partial charge on any atom is 0.349 e. The molecular weight excluding hydrogens is 392 g/mol. The summed E-state index contributed by atoms with van der Waals surface area (Å²) < 4.78 is 16.1. The Morgan fingerprint density at radius 3 is 2.59 bits per heavy atom. The highest BCUT2D eigenvalue weighted by molar-refractivity contribution is 7.71. The molecule has 0 saturated carbocycles. The van der Waals surface area contributed by atoms with Gasteiger partial charge in [0.15, 0.2) is 16.3 Å². The Bertz CT molecular complexity index is 1340. The fourth-order valence-electron chi connectivity index (χ4n) is 3.11. The third-order valence-electron chi connectivity index (χ3n) is 4.48. The quantitative estimate of drug-likeness (QED) is 0.384. The fourth-order valence-corrected chi connectivity index (χ4v) is 3.32. The van der Waals surface area contributed by atoms with Crippen LogP contribution in [-0.4, -0.2) is 29.3 Å². The third kappa shape index (κ3) is 3.34. The number of H-pyrrole nitrogens is 1. The highest BCUT2D eigenvalue weighted by Gasteiger charge is 2.18. The third-order valence-corrected chi connectivity index (χ3v) is 4.67. The summed E-state index contributed by atoms with van der Waals surface area (Å²) in [5, 5.41) is 11.1. The van der Waals surface area contributed by atoms with Crippen LogP contribution in [0, 0.1) is 4.77 Å². The van der Waals surface area contributed by atoms with E-state index in [2.05, 4.69) is 9.97 Å². The minimum Gasteiger partial charge on any atom is -0.506 e. The standard InChI is InChI=1S/C21H16N2O5S/c1-26-16-8-7-11(9-17(16)27-2)13-10-14(23-21(29)22-13)18-19(24)12-5-3-4-6-15(12)28-20(18)25/h3-10,24H,1-2H3,(H,22,23,29). The first kappa shape index (κ1) is 18.7. The Morgan fingerprint density at radius 1 is 1.07 bits per heavy atom. The molecule has 0 saturated heterocycles. The minimum absolute atomic E-state index is 0.0149. The number of nitrogens with one attached hydrogen (secondary N) is 1. The van der Waals surface area contributed by atoms with Crippen molar-refractivity contribution in [1.29, 1.82) is 0 Å². The molecule has 4 rings (SSSR count).